The largest absolute Gasteiger partial charge is 0.465 e. The summed E-state index contributed by atoms with van der Waals surface area (Å²) < 4.78 is 0. The molecule has 1 saturated heterocycles. The van der Waals surface area contributed by atoms with Crippen LogP contribution in [0.25, 0.3) is 0 Å². The van der Waals surface area contributed by atoms with Gasteiger partial charge in [0.1, 0.15) is 0 Å². The number of aliphatic hydroxyl groups is 1. The number of rotatable bonds is 4. The Morgan fingerprint density at radius 3 is 2.63 bits per heavy atom. The maximum absolute atomic E-state index is 12.0. The molecule has 4 unspecified atom stereocenters. The Hall–Kier alpha value is -2.13. The summed E-state index contributed by atoms with van der Waals surface area (Å²) in [5.41, 5.74) is -0.812. The fourth-order valence-electron chi connectivity index (χ4n) is 7.10. The van der Waals surface area contributed by atoms with Gasteiger partial charge in [-0.1, -0.05) is 11.6 Å². The summed E-state index contributed by atoms with van der Waals surface area (Å²) in [7, 11) is 0. The second-order valence-electron chi connectivity index (χ2n) is 9.56. The lowest BCUT2D eigenvalue weighted by atomic mass is 9.48. The van der Waals surface area contributed by atoms with Gasteiger partial charge in [-0.3, -0.25) is 10.1 Å². The van der Waals surface area contributed by atoms with Gasteiger partial charge in [0.2, 0.25) is 5.82 Å². The van der Waals surface area contributed by atoms with Gasteiger partial charge in [0, 0.05) is 18.8 Å². The average molecular weight is 437 g/mol. The number of likely N-dealkylation sites (tertiary alicyclic amines) is 1. The van der Waals surface area contributed by atoms with Crippen molar-refractivity contribution in [1.82, 2.24) is 9.88 Å². The van der Waals surface area contributed by atoms with Crippen LogP contribution in [0.1, 0.15) is 38.5 Å². The number of hydrogen-bond donors (Lipinski definition) is 3. The van der Waals surface area contributed by atoms with Gasteiger partial charge >= 0.3 is 11.8 Å². The molecule has 5 fully saturated rings. The molecule has 1 aromatic heterocycles. The van der Waals surface area contributed by atoms with Gasteiger partial charge in [-0.25, -0.2) is 9.78 Å². The molecule has 7 atom stereocenters. The van der Waals surface area contributed by atoms with Crippen LogP contribution in [-0.2, 0) is 0 Å². The van der Waals surface area contributed by atoms with Crippen molar-refractivity contribution in [3.05, 3.63) is 27.4 Å². The Labute approximate surface area is 178 Å². The highest BCUT2D eigenvalue weighted by Crippen LogP contribution is 2.60. The maximum atomic E-state index is 12.0. The minimum absolute atomic E-state index is 0.120. The van der Waals surface area contributed by atoms with Crippen molar-refractivity contribution in [2.24, 2.45) is 23.7 Å². The number of carboxylic acid groups (broad SMARTS) is 1. The molecule has 0 radical (unpaired) electrons. The van der Waals surface area contributed by atoms with Crippen LogP contribution in [0.3, 0.4) is 0 Å². The maximum Gasteiger partial charge on any atom is 0.407 e. The number of nitrogens with zero attached hydrogens (tertiary/aromatic N) is 3. The molecule has 4 bridgehead atoms. The Balaban J connectivity index is 1.46. The summed E-state index contributed by atoms with van der Waals surface area (Å²) >= 11 is 5.88. The van der Waals surface area contributed by atoms with E-state index in [-0.39, 0.29) is 46.4 Å². The van der Waals surface area contributed by atoms with Gasteiger partial charge in [0.05, 0.1) is 27.6 Å². The zero-order chi connectivity index (χ0) is 21.2. The summed E-state index contributed by atoms with van der Waals surface area (Å²) in [6, 6.07) is 0.692. The number of nitrogens with one attached hydrogen (secondary N) is 1. The molecule has 0 aromatic carbocycles. The third-order valence-electron chi connectivity index (χ3n) is 7.76. The SMILES string of the molecule is O=C(O)N1CCC(Nc2ncc(Cl)cc2[N+](=O)[O-])[C@H]1C1C2CC3C[C@H]1C[C@@](O)(C3)C2. The quantitative estimate of drug-likeness (QED) is 0.487. The van der Waals surface area contributed by atoms with Crippen molar-refractivity contribution in [2.75, 3.05) is 11.9 Å². The van der Waals surface area contributed by atoms with Crippen molar-refractivity contribution in [3.8, 4) is 0 Å². The molecule has 2 heterocycles. The molecule has 5 aliphatic rings. The fraction of sp³-hybridized carbons (Fsp3) is 0.700. The minimum atomic E-state index is -0.963. The van der Waals surface area contributed by atoms with Crippen LogP contribution < -0.4 is 5.32 Å². The predicted octanol–water partition coefficient (Wildman–Crippen LogP) is 3.36. The highest BCUT2D eigenvalue weighted by molar-refractivity contribution is 6.30. The van der Waals surface area contributed by atoms with E-state index in [1.807, 2.05) is 0 Å². The van der Waals surface area contributed by atoms with Crippen LogP contribution in [-0.4, -0.2) is 55.3 Å². The van der Waals surface area contributed by atoms with E-state index in [1.54, 1.807) is 0 Å². The number of halogens is 1. The van der Waals surface area contributed by atoms with Gasteiger partial charge in [-0.05, 0) is 62.2 Å². The van der Waals surface area contributed by atoms with Crippen molar-refractivity contribution in [1.29, 1.82) is 0 Å². The first kappa shape index (κ1) is 19.8. The standard InChI is InChI=1S/C20H25ClN4O5/c21-13-5-15(25(29)30)18(22-9-13)23-14-1-2-24(19(26)27)17(14)16-11-3-10-4-12(16)8-20(28,6-10)7-11/h5,9-12,14,16-17,28H,1-4,6-8H2,(H,22,23)(H,26,27)/t10?,11-,12?,14?,16?,17-,20-/m0/s1. The van der Waals surface area contributed by atoms with Gasteiger partial charge in [-0.15, -0.1) is 0 Å². The lowest BCUT2D eigenvalue weighted by molar-refractivity contribution is -0.384. The molecule has 0 spiro atoms. The van der Waals surface area contributed by atoms with Crippen molar-refractivity contribution in [2.45, 2.75) is 56.2 Å². The second-order valence-corrected chi connectivity index (χ2v) is 9.99. The lowest BCUT2D eigenvalue weighted by Crippen LogP contribution is -2.61. The number of aromatic nitrogens is 1. The van der Waals surface area contributed by atoms with Crippen LogP contribution in [0.15, 0.2) is 12.3 Å². The molecule has 30 heavy (non-hydrogen) atoms. The van der Waals surface area contributed by atoms with Gasteiger partial charge in [-0.2, -0.15) is 0 Å². The van der Waals surface area contributed by atoms with Gasteiger partial charge in [0.25, 0.3) is 0 Å². The van der Waals surface area contributed by atoms with Crippen LogP contribution in [0.5, 0.6) is 0 Å². The number of nitro groups is 1. The highest BCUT2D eigenvalue weighted by Gasteiger charge is 2.59. The van der Waals surface area contributed by atoms with E-state index in [9.17, 15) is 25.1 Å². The molecule has 6 rings (SSSR count). The molecular formula is C20H25ClN4O5. The molecule has 10 heteroatoms. The normalized spacial score (nSPS) is 39.3. The van der Waals surface area contributed by atoms with Crippen molar-refractivity contribution >= 4 is 29.2 Å². The third kappa shape index (κ3) is 3.19. The molecule has 162 valence electrons. The summed E-state index contributed by atoms with van der Waals surface area (Å²) in [6.45, 7) is 0.378. The second kappa shape index (κ2) is 6.95. The first-order valence-corrected chi connectivity index (χ1v) is 10.9. The Morgan fingerprint density at radius 1 is 1.33 bits per heavy atom. The minimum Gasteiger partial charge on any atom is -0.465 e. The van der Waals surface area contributed by atoms with Crippen LogP contribution in [0.4, 0.5) is 16.3 Å². The smallest absolute Gasteiger partial charge is 0.407 e. The molecular weight excluding hydrogens is 412 g/mol. The van der Waals surface area contributed by atoms with Crippen molar-refractivity contribution in [3.63, 3.8) is 0 Å². The highest BCUT2D eigenvalue weighted by atomic mass is 35.5. The van der Waals surface area contributed by atoms with Crippen LogP contribution in [0.2, 0.25) is 5.02 Å². The van der Waals surface area contributed by atoms with Crippen molar-refractivity contribution < 1.29 is 19.9 Å². The summed E-state index contributed by atoms with van der Waals surface area (Å²) in [5, 5.41) is 35.6. The average Bonchev–Trinajstić information content (AvgIpc) is 3.05. The van der Waals surface area contributed by atoms with E-state index in [0.717, 1.165) is 32.1 Å². The number of pyridine rings is 1. The Kier molecular flexibility index (Phi) is 4.59. The summed E-state index contributed by atoms with van der Waals surface area (Å²) in [4.78, 5) is 28.6. The zero-order valence-electron chi connectivity index (χ0n) is 16.4. The number of hydrogen-bond acceptors (Lipinski definition) is 6. The monoisotopic (exact) mass is 436 g/mol. The van der Waals surface area contributed by atoms with Gasteiger partial charge in [0.15, 0.2) is 0 Å². The molecule has 4 aliphatic carbocycles. The lowest BCUT2D eigenvalue weighted by Gasteiger charge is -2.60. The van der Waals surface area contributed by atoms with E-state index >= 15 is 0 Å². The number of anilines is 1. The molecule has 3 N–H and O–H groups in total. The molecule has 1 aromatic rings. The fourth-order valence-corrected chi connectivity index (χ4v) is 7.26. The molecule has 1 amide bonds. The number of carbonyl (C=O) groups is 1. The summed E-state index contributed by atoms with van der Waals surface area (Å²) in [5.74, 6) is 1.35. The van der Waals surface area contributed by atoms with E-state index in [0.29, 0.717) is 18.9 Å². The van der Waals surface area contributed by atoms with E-state index in [2.05, 4.69) is 10.3 Å². The first-order valence-electron chi connectivity index (χ1n) is 10.5. The zero-order valence-corrected chi connectivity index (χ0v) is 17.2. The third-order valence-corrected chi connectivity index (χ3v) is 7.97. The van der Waals surface area contributed by atoms with E-state index < -0.39 is 16.6 Å². The number of amides is 1. The topological polar surface area (TPSA) is 129 Å². The Morgan fingerprint density at radius 2 is 2.03 bits per heavy atom. The molecule has 9 nitrogen and oxygen atoms in total. The first-order chi connectivity index (χ1) is 14.2. The van der Waals surface area contributed by atoms with E-state index in [4.69, 9.17) is 11.6 Å². The van der Waals surface area contributed by atoms with Crippen LogP contribution in [0, 0.1) is 33.8 Å². The Bertz CT molecular complexity index is 882. The molecule has 1 aliphatic heterocycles. The predicted molar refractivity (Wildman–Crippen MR) is 108 cm³/mol. The van der Waals surface area contributed by atoms with Gasteiger partial charge < -0.3 is 20.4 Å². The van der Waals surface area contributed by atoms with Crippen LogP contribution >= 0.6 is 11.6 Å². The molecule has 4 saturated carbocycles. The summed E-state index contributed by atoms with van der Waals surface area (Å²) in [6.07, 6.45) is 5.31. The van der Waals surface area contributed by atoms with E-state index in [1.165, 1.54) is 17.2 Å².